The Morgan fingerprint density at radius 3 is 2.95 bits per heavy atom. The smallest absolute Gasteiger partial charge is 0.277 e. The Balaban J connectivity index is 2.30. The summed E-state index contributed by atoms with van der Waals surface area (Å²) in [4.78, 5) is 19.8. The average molecular weight is 281 g/mol. The standard InChI is InChI=1S/C11H13ClN6O/c1-3-18-9(8(13)6(2)17-18)10(19)15-7-4-5-14-11(12)16-7/h4-5H,3,13H2,1-2H3,(H,14,15,16,19). The molecule has 8 heteroatoms. The van der Waals surface area contributed by atoms with Crippen LogP contribution in [-0.4, -0.2) is 25.7 Å². The normalized spacial score (nSPS) is 10.5. The zero-order chi connectivity index (χ0) is 14.0. The molecular formula is C11H13ClN6O. The maximum absolute atomic E-state index is 12.2. The number of hydrogen-bond acceptors (Lipinski definition) is 5. The molecule has 0 spiro atoms. The minimum Gasteiger partial charge on any atom is -0.395 e. The van der Waals surface area contributed by atoms with Crippen LogP contribution >= 0.6 is 11.6 Å². The molecule has 0 aromatic carbocycles. The first-order valence-electron chi connectivity index (χ1n) is 5.65. The first-order valence-corrected chi connectivity index (χ1v) is 6.03. The quantitative estimate of drug-likeness (QED) is 0.830. The topological polar surface area (TPSA) is 98.7 Å². The molecule has 0 unspecified atom stereocenters. The number of nitrogen functional groups attached to an aromatic ring is 1. The van der Waals surface area contributed by atoms with E-state index >= 15 is 0 Å². The van der Waals surface area contributed by atoms with E-state index in [1.54, 1.807) is 17.7 Å². The predicted molar refractivity (Wildman–Crippen MR) is 72.0 cm³/mol. The Hall–Kier alpha value is -2.15. The summed E-state index contributed by atoms with van der Waals surface area (Å²) in [6, 6.07) is 1.54. The number of aromatic nitrogens is 4. The minimum absolute atomic E-state index is 0.0611. The van der Waals surface area contributed by atoms with E-state index in [0.29, 0.717) is 29.4 Å². The number of halogens is 1. The molecule has 0 saturated heterocycles. The van der Waals surface area contributed by atoms with Gasteiger partial charge in [-0.3, -0.25) is 9.48 Å². The van der Waals surface area contributed by atoms with Gasteiger partial charge in [-0.05, 0) is 31.5 Å². The van der Waals surface area contributed by atoms with E-state index in [2.05, 4.69) is 20.4 Å². The molecular weight excluding hydrogens is 268 g/mol. The maximum atomic E-state index is 12.2. The summed E-state index contributed by atoms with van der Waals surface area (Å²) >= 11 is 5.65. The fourth-order valence-corrected chi connectivity index (χ4v) is 1.79. The molecule has 0 aliphatic rings. The summed E-state index contributed by atoms with van der Waals surface area (Å²) in [5, 5.41) is 6.85. The van der Waals surface area contributed by atoms with E-state index in [4.69, 9.17) is 17.3 Å². The Morgan fingerprint density at radius 1 is 1.58 bits per heavy atom. The van der Waals surface area contributed by atoms with Crippen LogP contribution in [0.1, 0.15) is 23.1 Å². The van der Waals surface area contributed by atoms with Gasteiger partial charge in [0.05, 0.1) is 11.4 Å². The number of carbonyl (C=O) groups is 1. The molecule has 0 radical (unpaired) electrons. The Morgan fingerprint density at radius 2 is 2.32 bits per heavy atom. The fourth-order valence-electron chi connectivity index (χ4n) is 1.64. The summed E-state index contributed by atoms with van der Waals surface area (Å²) < 4.78 is 1.54. The molecule has 2 rings (SSSR count). The zero-order valence-corrected chi connectivity index (χ0v) is 11.3. The number of carbonyl (C=O) groups excluding carboxylic acids is 1. The highest BCUT2D eigenvalue weighted by Gasteiger charge is 2.19. The summed E-state index contributed by atoms with van der Waals surface area (Å²) in [6.45, 7) is 4.18. The second kappa shape index (κ2) is 5.23. The average Bonchev–Trinajstić information content (AvgIpc) is 2.65. The molecule has 0 atom stereocenters. The summed E-state index contributed by atoms with van der Waals surface area (Å²) in [5.74, 6) is -0.0689. The Bertz CT molecular complexity index is 624. The minimum atomic E-state index is -0.380. The lowest BCUT2D eigenvalue weighted by Crippen LogP contribution is -2.19. The third-order valence-corrected chi connectivity index (χ3v) is 2.74. The Labute approximate surface area is 114 Å². The van der Waals surface area contributed by atoms with Gasteiger partial charge in [0.15, 0.2) is 0 Å². The fraction of sp³-hybridized carbons (Fsp3) is 0.273. The second-order valence-electron chi connectivity index (χ2n) is 3.83. The van der Waals surface area contributed by atoms with Gasteiger partial charge >= 0.3 is 0 Å². The van der Waals surface area contributed by atoms with Crippen molar-refractivity contribution >= 4 is 29.0 Å². The zero-order valence-electron chi connectivity index (χ0n) is 10.5. The molecule has 0 fully saturated rings. The summed E-state index contributed by atoms with van der Waals surface area (Å²) in [7, 11) is 0. The molecule has 0 bridgehead atoms. The number of rotatable bonds is 3. The molecule has 2 aromatic heterocycles. The van der Waals surface area contributed by atoms with Crippen LogP contribution in [0.2, 0.25) is 5.28 Å². The van der Waals surface area contributed by atoms with Crippen LogP contribution < -0.4 is 11.1 Å². The molecule has 100 valence electrons. The molecule has 7 nitrogen and oxygen atoms in total. The van der Waals surface area contributed by atoms with Crippen molar-refractivity contribution < 1.29 is 4.79 Å². The van der Waals surface area contributed by atoms with Gasteiger partial charge in [-0.25, -0.2) is 9.97 Å². The van der Waals surface area contributed by atoms with Crippen molar-refractivity contribution in [2.24, 2.45) is 0 Å². The molecule has 0 aliphatic carbocycles. The van der Waals surface area contributed by atoms with Gasteiger partial charge in [0, 0.05) is 12.7 Å². The van der Waals surface area contributed by atoms with Crippen molar-refractivity contribution in [3.63, 3.8) is 0 Å². The molecule has 3 N–H and O–H groups in total. The molecule has 0 saturated carbocycles. The van der Waals surface area contributed by atoms with Gasteiger partial charge in [-0.2, -0.15) is 5.10 Å². The lowest BCUT2D eigenvalue weighted by molar-refractivity contribution is 0.101. The van der Waals surface area contributed by atoms with Crippen molar-refractivity contribution in [3.8, 4) is 0 Å². The van der Waals surface area contributed by atoms with Crippen molar-refractivity contribution in [2.75, 3.05) is 11.1 Å². The lowest BCUT2D eigenvalue weighted by Gasteiger charge is -2.06. The maximum Gasteiger partial charge on any atom is 0.277 e. The van der Waals surface area contributed by atoms with Crippen LogP contribution in [0.3, 0.4) is 0 Å². The summed E-state index contributed by atoms with van der Waals surface area (Å²) in [5.41, 5.74) is 7.15. The van der Waals surface area contributed by atoms with E-state index in [1.165, 1.54) is 6.20 Å². The number of aryl methyl sites for hydroxylation is 2. The van der Waals surface area contributed by atoms with E-state index in [-0.39, 0.29) is 11.2 Å². The van der Waals surface area contributed by atoms with E-state index in [1.807, 2.05) is 6.92 Å². The lowest BCUT2D eigenvalue weighted by atomic mass is 10.3. The highest BCUT2D eigenvalue weighted by atomic mass is 35.5. The van der Waals surface area contributed by atoms with E-state index in [9.17, 15) is 4.79 Å². The number of nitrogens with zero attached hydrogens (tertiary/aromatic N) is 4. The van der Waals surface area contributed by atoms with E-state index < -0.39 is 0 Å². The van der Waals surface area contributed by atoms with Gasteiger partial charge in [0.2, 0.25) is 5.28 Å². The third-order valence-electron chi connectivity index (χ3n) is 2.56. The number of anilines is 2. The van der Waals surface area contributed by atoms with Crippen molar-refractivity contribution in [1.29, 1.82) is 0 Å². The highest BCUT2D eigenvalue weighted by molar-refractivity contribution is 6.28. The first kappa shape index (κ1) is 13.3. The van der Waals surface area contributed by atoms with Gasteiger partial charge in [-0.1, -0.05) is 0 Å². The van der Waals surface area contributed by atoms with Crippen LogP contribution in [-0.2, 0) is 6.54 Å². The van der Waals surface area contributed by atoms with Gasteiger partial charge in [0.25, 0.3) is 5.91 Å². The highest BCUT2D eigenvalue weighted by Crippen LogP contribution is 2.18. The van der Waals surface area contributed by atoms with Crippen LogP contribution in [0, 0.1) is 6.92 Å². The molecule has 0 aliphatic heterocycles. The van der Waals surface area contributed by atoms with E-state index in [0.717, 1.165) is 0 Å². The van der Waals surface area contributed by atoms with Gasteiger partial charge in [0.1, 0.15) is 11.5 Å². The summed E-state index contributed by atoms with van der Waals surface area (Å²) in [6.07, 6.45) is 1.46. The molecule has 2 aromatic rings. The number of nitrogens with two attached hydrogens (primary N) is 1. The molecule has 1 amide bonds. The molecule has 2 heterocycles. The monoisotopic (exact) mass is 280 g/mol. The third kappa shape index (κ3) is 2.65. The van der Waals surface area contributed by atoms with Gasteiger partial charge in [-0.15, -0.1) is 0 Å². The molecule has 19 heavy (non-hydrogen) atoms. The largest absolute Gasteiger partial charge is 0.395 e. The number of nitrogens with one attached hydrogen (secondary N) is 1. The SMILES string of the molecule is CCn1nc(C)c(N)c1C(=O)Nc1ccnc(Cl)n1. The van der Waals surface area contributed by atoms with Crippen LogP contribution in [0.15, 0.2) is 12.3 Å². The van der Waals surface area contributed by atoms with Crippen LogP contribution in [0.4, 0.5) is 11.5 Å². The van der Waals surface area contributed by atoms with Crippen molar-refractivity contribution in [2.45, 2.75) is 20.4 Å². The van der Waals surface area contributed by atoms with Gasteiger partial charge < -0.3 is 11.1 Å². The van der Waals surface area contributed by atoms with Crippen molar-refractivity contribution in [1.82, 2.24) is 19.7 Å². The number of amides is 1. The van der Waals surface area contributed by atoms with Crippen molar-refractivity contribution in [3.05, 3.63) is 28.9 Å². The van der Waals surface area contributed by atoms with Crippen LogP contribution in [0.5, 0.6) is 0 Å². The second-order valence-corrected chi connectivity index (χ2v) is 4.17. The first-order chi connectivity index (χ1) is 9.02. The predicted octanol–water partition coefficient (Wildman–Crippen LogP) is 1.49. The Kier molecular flexibility index (Phi) is 3.66. The van der Waals surface area contributed by atoms with Crippen LogP contribution in [0.25, 0.3) is 0 Å². The number of hydrogen-bond donors (Lipinski definition) is 2.